The molecular weight excluding hydrogens is 334 g/mol. The first kappa shape index (κ1) is 19.8. The van der Waals surface area contributed by atoms with Crippen LogP contribution in [0.1, 0.15) is 30.1 Å². The van der Waals surface area contributed by atoms with Gasteiger partial charge in [-0.2, -0.15) is 0 Å². The van der Waals surface area contributed by atoms with Crippen molar-refractivity contribution in [2.75, 3.05) is 25.1 Å². The van der Waals surface area contributed by atoms with E-state index in [9.17, 15) is 4.79 Å². The average Bonchev–Trinajstić information content (AvgIpc) is 2.66. The van der Waals surface area contributed by atoms with Crippen molar-refractivity contribution in [2.45, 2.75) is 25.9 Å². The van der Waals surface area contributed by atoms with Crippen molar-refractivity contribution >= 4 is 11.8 Å². The van der Waals surface area contributed by atoms with E-state index in [0.717, 1.165) is 11.1 Å². The second-order valence-corrected chi connectivity index (χ2v) is 5.89. The molecule has 2 aromatic rings. The highest BCUT2D eigenvalue weighted by molar-refractivity contribution is 5.84. The van der Waals surface area contributed by atoms with Crippen molar-refractivity contribution < 1.29 is 24.5 Å². The first-order valence-electron chi connectivity index (χ1n) is 8.61. The molecule has 0 aliphatic carbocycles. The fraction of sp³-hybridized carbons (Fsp3) is 0.350. The Hall–Kier alpha value is -2.57. The summed E-state index contributed by atoms with van der Waals surface area (Å²) in [5.74, 6) is 0.632. The molecule has 2 rings (SSSR count). The summed E-state index contributed by atoms with van der Waals surface area (Å²) in [5, 5.41) is 20.6. The van der Waals surface area contributed by atoms with Gasteiger partial charge in [-0.05, 0) is 49.6 Å². The van der Waals surface area contributed by atoms with E-state index < -0.39 is 12.2 Å². The number of aliphatic hydroxyl groups excluding tert-OH is 2. The Balaban J connectivity index is 2.01. The Kier molecular flexibility index (Phi) is 7.92. The number of anilines is 1. The minimum atomic E-state index is -0.544. The first-order valence-corrected chi connectivity index (χ1v) is 8.61. The Morgan fingerprint density at radius 3 is 2.35 bits per heavy atom. The van der Waals surface area contributed by atoms with Crippen molar-refractivity contribution in [1.29, 1.82) is 0 Å². The van der Waals surface area contributed by atoms with E-state index in [2.05, 4.69) is 5.32 Å². The molecule has 0 radical (unpaired) electrons. The number of hydrogen-bond donors (Lipinski definition) is 3. The van der Waals surface area contributed by atoms with Gasteiger partial charge >= 0.3 is 6.09 Å². The van der Waals surface area contributed by atoms with E-state index in [0.29, 0.717) is 24.3 Å². The number of carbonyl (C=O) groups excluding carboxylic acids is 1. The maximum Gasteiger partial charge on any atom is 0.412 e. The fourth-order valence-corrected chi connectivity index (χ4v) is 2.43. The molecule has 0 saturated carbocycles. The summed E-state index contributed by atoms with van der Waals surface area (Å²) >= 11 is 0. The van der Waals surface area contributed by atoms with Crippen LogP contribution in [0.15, 0.2) is 48.5 Å². The third kappa shape index (κ3) is 6.38. The van der Waals surface area contributed by atoms with Crippen LogP contribution in [0.4, 0.5) is 10.5 Å². The zero-order chi connectivity index (χ0) is 18.8. The molecule has 3 N–H and O–H groups in total. The third-order valence-corrected chi connectivity index (χ3v) is 3.78. The third-order valence-electron chi connectivity index (χ3n) is 3.78. The number of aryl methyl sites for hydroxylation is 1. The summed E-state index contributed by atoms with van der Waals surface area (Å²) in [7, 11) is 0. The van der Waals surface area contributed by atoms with Gasteiger partial charge < -0.3 is 19.7 Å². The molecule has 0 fully saturated rings. The predicted octanol–water partition coefficient (Wildman–Crippen LogP) is 3.43. The van der Waals surface area contributed by atoms with Crippen molar-refractivity contribution in [3.8, 4) is 5.75 Å². The second kappa shape index (κ2) is 10.4. The zero-order valence-corrected chi connectivity index (χ0v) is 14.9. The smallest absolute Gasteiger partial charge is 0.412 e. The number of amides is 1. The molecule has 6 heteroatoms. The summed E-state index contributed by atoms with van der Waals surface area (Å²) in [5.41, 5.74) is 2.58. The van der Waals surface area contributed by atoms with Gasteiger partial charge in [0.2, 0.25) is 0 Å². The lowest BCUT2D eigenvalue weighted by Crippen LogP contribution is -2.18. The normalized spacial score (nSPS) is 11.7. The Morgan fingerprint density at radius 1 is 1.04 bits per heavy atom. The van der Waals surface area contributed by atoms with Crippen LogP contribution < -0.4 is 10.1 Å². The predicted molar refractivity (Wildman–Crippen MR) is 99.4 cm³/mol. The summed E-state index contributed by atoms with van der Waals surface area (Å²) in [6.07, 6.45) is 0.0109. The highest BCUT2D eigenvalue weighted by Crippen LogP contribution is 2.25. The van der Waals surface area contributed by atoms with Crippen molar-refractivity contribution in [3.05, 3.63) is 59.7 Å². The highest BCUT2D eigenvalue weighted by Gasteiger charge is 2.17. The number of rotatable bonds is 9. The zero-order valence-electron chi connectivity index (χ0n) is 14.9. The van der Waals surface area contributed by atoms with Crippen molar-refractivity contribution in [2.24, 2.45) is 0 Å². The first-order chi connectivity index (χ1) is 12.6. The van der Waals surface area contributed by atoms with Gasteiger partial charge in [-0.25, -0.2) is 4.79 Å². The van der Waals surface area contributed by atoms with Crippen LogP contribution >= 0.6 is 0 Å². The number of hydrogen-bond acceptors (Lipinski definition) is 5. The quantitative estimate of drug-likeness (QED) is 0.638. The van der Waals surface area contributed by atoms with Gasteiger partial charge in [0, 0.05) is 12.3 Å². The largest absolute Gasteiger partial charge is 0.491 e. The molecular formula is C20H25NO5. The van der Waals surface area contributed by atoms with Crippen LogP contribution in [-0.4, -0.2) is 36.1 Å². The maximum absolute atomic E-state index is 12.2. The summed E-state index contributed by atoms with van der Waals surface area (Å²) in [6.45, 7) is 2.17. The van der Waals surface area contributed by atoms with E-state index in [1.54, 1.807) is 12.1 Å². The summed E-state index contributed by atoms with van der Waals surface area (Å²) < 4.78 is 10.9. The van der Waals surface area contributed by atoms with E-state index in [4.69, 9.17) is 19.7 Å². The summed E-state index contributed by atoms with van der Waals surface area (Å²) in [6, 6.07) is 14.6. The average molecular weight is 359 g/mol. The van der Waals surface area contributed by atoms with Gasteiger partial charge in [-0.3, -0.25) is 5.32 Å². The molecule has 6 nitrogen and oxygen atoms in total. The summed E-state index contributed by atoms with van der Waals surface area (Å²) in [4.78, 5) is 12.2. The molecule has 2 aromatic carbocycles. The lowest BCUT2D eigenvalue weighted by atomic mass is 10.0. The second-order valence-electron chi connectivity index (χ2n) is 5.89. The van der Waals surface area contributed by atoms with E-state index >= 15 is 0 Å². The molecule has 0 saturated heterocycles. The molecule has 1 amide bonds. The van der Waals surface area contributed by atoms with Gasteiger partial charge in [0.15, 0.2) is 0 Å². The Labute approximate surface area is 153 Å². The van der Waals surface area contributed by atoms with Crippen LogP contribution in [-0.2, 0) is 4.74 Å². The van der Waals surface area contributed by atoms with Gasteiger partial charge in [0.05, 0.1) is 6.61 Å². The Bertz CT molecular complexity index is 670. The monoisotopic (exact) mass is 359 g/mol. The lowest BCUT2D eigenvalue weighted by Gasteiger charge is -2.19. The Morgan fingerprint density at radius 2 is 1.73 bits per heavy atom. The van der Waals surface area contributed by atoms with Crippen LogP contribution in [0.2, 0.25) is 0 Å². The molecule has 0 aliphatic heterocycles. The minimum Gasteiger partial charge on any atom is -0.491 e. The van der Waals surface area contributed by atoms with E-state index in [-0.39, 0.29) is 19.8 Å². The van der Waals surface area contributed by atoms with Gasteiger partial charge in [0.25, 0.3) is 0 Å². The van der Waals surface area contributed by atoms with E-state index in [1.807, 2.05) is 43.3 Å². The number of ether oxygens (including phenoxy) is 2. The number of carbonyl (C=O) groups is 1. The maximum atomic E-state index is 12.2. The lowest BCUT2D eigenvalue weighted by molar-refractivity contribution is 0.0994. The van der Waals surface area contributed by atoms with E-state index in [1.165, 1.54) is 0 Å². The van der Waals surface area contributed by atoms with Crippen LogP contribution in [0, 0.1) is 6.92 Å². The van der Waals surface area contributed by atoms with Crippen molar-refractivity contribution in [3.63, 3.8) is 0 Å². The number of nitrogens with one attached hydrogen (secondary N) is 1. The standard InChI is InChI=1S/C20H25NO5/c1-15-4-8-17(9-5-15)21-20(24)26-19(3-2-12-22)16-6-10-18(11-7-16)25-14-13-23/h4-11,19,22-23H,2-3,12-14H2,1H3,(H,21,24)/t19-/m0/s1. The van der Waals surface area contributed by atoms with Crippen molar-refractivity contribution in [1.82, 2.24) is 0 Å². The number of benzene rings is 2. The molecule has 140 valence electrons. The SMILES string of the molecule is Cc1ccc(NC(=O)O[C@@H](CCCO)c2ccc(OCCO)cc2)cc1. The number of aliphatic hydroxyl groups is 2. The van der Waals surface area contributed by atoms with Crippen LogP contribution in [0.25, 0.3) is 0 Å². The molecule has 0 aliphatic rings. The van der Waals surface area contributed by atoms with Crippen LogP contribution in [0.5, 0.6) is 5.75 Å². The van der Waals surface area contributed by atoms with Gasteiger partial charge in [0.1, 0.15) is 18.5 Å². The molecule has 1 atom stereocenters. The fourth-order valence-electron chi connectivity index (χ4n) is 2.43. The topological polar surface area (TPSA) is 88.0 Å². The molecule has 26 heavy (non-hydrogen) atoms. The van der Waals surface area contributed by atoms with Gasteiger partial charge in [-0.15, -0.1) is 0 Å². The molecule has 0 unspecified atom stereocenters. The minimum absolute atomic E-state index is 0.0249. The molecule has 0 bridgehead atoms. The van der Waals surface area contributed by atoms with Crippen LogP contribution in [0.3, 0.4) is 0 Å². The highest BCUT2D eigenvalue weighted by atomic mass is 16.6. The molecule has 0 spiro atoms. The molecule has 0 aromatic heterocycles. The van der Waals surface area contributed by atoms with Gasteiger partial charge in [-0.1, -0.05) is 29.8 Å². The molecule has 0 heterocycles.